The number of anilines is 1. The van der Waals surface area contributed by atoms with E-state index in [0.29, 0.717) is 23.4 Å². The van der Waals surface area contributed by atoms with Crippen LogP contribution in [-0.4, -0.2) is 47.5 Å². The second-order valence-electron chi connectivity index (χ2n) is 5.90. The molecular weight excluding hydrogens is 336 g/mol. The molecule has 0 radical (unpaired) electrons. The molecular formula is C19H18N2O5. The second-order valence-corrected chi connectivity index (χ2v) is 5.90. The van der Waals surface area contributed by atoms with E-state index in [1.165, 1.54) is 11.0 Å². The zero-order valence-corrected chi connectivity index (χ0v) is 14.0. The van der Waals surface area contributed by atoms with Crippen molar-refractivity contribution in [2.75, 3.05) is 25.0 Å². The number of carboxylic acids is 1. The highest BCUT2D eigenvalue weighted by Crippen LogP contribution is 2.28. The molecule has 1 aliphatic heterocycles. The van der Waals surface area contributed by atoms with Gasteiger partial charge in [-0.1, -0.05) is 30.3 Å². The van der Waals surface area contributed by atoms with Gasteiger partial charge in [-0.2, -0.15) is 0 Å². The number of carbonyl (C=O) groups excluding carboxylic acids is 2. The van der Waals surface area contributed by atoms with Crippen LogP contribution in [-0.2, 0) is 16.0 Å². The third kappa shape index (κ3) is 4.18. The first-order valence-electron chi connectivity index (χ1n) is 8.14. The number of ether oxygens (including phenoxy) is 1. The van der Waals surface area contributed by atoms with Crippen LogP contribution in [0, 0.1) is 0 Å². The molecule has 2 amide bonds. The smallest absolute Gasteiger partial charge is 0.323 e. The van der Waals surface area contributed by atoms with Crippen molar-refractivity contribution in [1.29, 1.82) is 0 Å². The zero-order valence-electron chi connectivity index (χ0n) is 14.0. The molecule has 2 aromatic carbocycles. The normalized spacial score (nSPS) is 12.5. The maximum Gasteiger partial charge on any atom is 0.323 e. The van der Waals surface area contributed by atoms with Gasteiger partial charge in [0, 0.05) is 12.1 Å². The van der Waals surface area contributed by atoms with Crippen molar-refractivity contribution in [3.63, 3.8) is 0 Å². The van der Waals surface area contributed by atoms with E-state index in [-0.39, 0.29) is 19.1 Å². The molecule has 26 heavy (non-hydrogen) atoms. The molecule has 7 heteroatoms. The third-order valence-corrected chi connectivity index (χ3v) is 3.99. The van der Waals surface area contributed by atoms with E-state index < -0.39 is 18.4 Å². The van der Waals surface area contributed by atoms with Crippen LogP contribution in [0.15, 0.2) is 48.5 Å². The molecule has 0 aromatic heterocycles. The molecule has 0 unspecified atom stereocenters. The Morgan fingerprint density at radius 2 is 1.92 bits per heavy atom. The van der Waals surface area contributed by atoms with Crippen LogP contribution in [0.25, 0.3) is 0 Å². The number of aliphatic carboxylic acids is 1. The highest BCUT2D eigenvalue weighted by molar-refractivity contribution is 6.00. The average molecular weight is 354 g/mol. The fourth-order valence-electron chi connectivity index (χ4n) is 2.72. The van der Waals surface area contributed by atoms with Gasteiger partial charge >= 0.3 is 5.97 Å². The van der Waals surface area contributed by atoms with Crippen LogP contribution in [0.4, 0.5) is 5.69 Å². The van der Waals surface area contributed by atoms with E-state index in [1.807, 2.05) is 30.3 Å². The van der Waals surface area contributed by atoms with Crippen LogP contribution in [0.3, 0.4) is 0 Å². The van der Waals surface area contributed by atoms with Crippen LogP contribution in [0.5, 0.6) is 5.75 Å². The number of carboxylic acid groups (broad SMARTS) is 1. The average Bonchev–Trinajstić information content (AvgIpc) is 2.64. The summed E-state index contributed by atoms with van der Waals surface area (Å²) in [6.07, 6.45) is 0.546. The highest BCUT2D eigenvalue weighted by atomic mass is 16.5. The lowest BCUT2D eigenvalue weighted by Crippen LogP contribution is -2.37. The minimum atomic E-state index is -1.08. The molecule has 134 valence electrons. The van der Waals surface area contributed by atoms with Crippen molar-refractivity contribution < 1.29 is 24.2 Å². The summed E-state index contributed by atoms with van der Waals surface area (Å²) in [6.45, 7) is -0.191. The fraction of sp³-hybridized carbons (Fsp3) is 0.211. The Morgan fingerprint density at radius 3 is 2.65 bits per heavy atom. The maximum atomic E-state index is 12.8. The summed E-state index contributed by atoms with van der Waals surface area (Å²) >= 11 is 0. The Morgan fingerprint density at radius 1 is 1.15 bits per heavy atom. The highest BCUT2D eigenvalue weighted by Gasteiger charge is 2.22. The van der Waals surface area contributed by atoms with E-state index in [0.717, 1.165) is 5.56 Å². The molecule has 0 aliphatic carbocycles. The zero-order chi connectivity index (χ0) is 18.5. The van der Waals surface area contributed by atoms with Crippen molar-refractivity contribution in [2.45, 2.75) is 6.42 Å². The van der Waals surface area contributed by atoms with Gasteiger partial charge in [0.1, 0.15) is 12.3 Å². The first kappa shape index (κ1) is 17.5. The Labute approximate surface area is 150 Å². The first-order chi connectivity index (χ1) is 12.5. The molecule has 0 saturated carbocycles. The second kappa shape index (κ2) is 7.69. The van der Waals surface area contributed by atoms with E-state index >= 15 is 0 Å². The van der Waals surface area contributed by atoms with Gasteiger partial charge in [-0.05, 0) is 30.2 Å². The fourth-order valence-corrected chi connectivity index (χ4v) is 2.72. The molecule has 2 aromatic rings. The number of hydrogen-bond donors (Lipinski definition) is 2. The summed E-state index contributed by atoms with van der Waals surface area (Å²) in [6, 6.07) is 14.2. The van der Waals surface area contributed by atoms with Crippen LogP contribution < -0.4 is 10.1 Å². The summed E-state index contributed by atoms with van der Waals surface area (Å²) in [7, 11) is 0. The number of rotatable bonds is 6. The van der Waals surface area contributed by atoms with Crippen molar-refractivity contribution in [3.05, 3.63) is 59.7 Å². The lowest BCUT2D eigenvalue weighted by atomic mass is 10.1. The monoisotopic (exact) mass is 354 g/mol. The number of hydrogen-bond acceptors (Lipinski definition) is 4. The summed E-state index contributed by atoms with van der Waals surface area (Å²) in [5, 5.41) is 11.8. The summed E-state index contributed by atoms with van der Waals surface area (Å²) in [5.74, 6) is -1.31. The third-order valence-electron chi connectivity index (χ3n) is 3.99. The number of benzene rings is 2. The Hall–Kier alpha value is -3.35. The molecule has 0 fully saturated rings. The molecule has 2 N–H and O–H groups in total. The largest absolute Gasteiger partial charge is 0.482 e. The van der Waals surface area contributed by atoms with Crippen LogP contribution in [0.2, 0.25) is 0 Å². The number of nitrogens with one attached hydrogen (secondary N) is 1. The van der Waals surface area contributed by atoms with Crippen molar-refractivity contribution in [1.82, 2.24) is 4.90 Å². The number of fused-ring (bicyclic) bond motifs is 1. The van der Waals surface area contributed by atoms with Crippen molar-refractivity contribution in [3.8, 4) is 5.75 Å². The molecule has 7 nitrogen and oxygen atoms in total. The van der Waals surface area contributed by atoms with Gasteiger partial charge in [-0.25, -0.2) is 0 Å². The predicted molar refractivity (Wildman–Crippen MR) is 94.3 cm³/mol. The van der Waals surface area contributed by atoms with E-state index in [1.54, 1.807) is 12.1 Å². The SMILES string of the molecule is O=C(O)CN(CCc1ccccc1)C(=O)c1ccc2c(c1)NC(=O)CO2. The minimum Gasteiger partial charge on any atom is -0.482 e. The number of nitrogens with zero attached hydrogens (tertiary/aromatic N) is 1. The quantitative estimate of drug-likeness (QED) is 0.824. The van der Waals surface area contributed by atoms with Crippen LogP contribution >= 0.6 is 0 Å². The maximum absolute atomic E-state index is 12.8. The van der Waals surface area contributed by atoms with Crippen molar-refractivity contribution in [2.24, 2.45) is 0 Å². The van der Waals surface area contributed by atoms with Gasteiger partial charge in [0.2, 0.25) is 0 Å². The Balaban J connectivity index is 1.77. The van der Waals surface area contributed by atoms with Gasteiger partial charge in [0.05, 0.1) is 5.69 Å². The molecule has 1 heterocycles. The summed E-state index contributed by atoms with van der Waals surface area (Å²) < 4.78 is 5.27. The minimum absolute atomic E-state index is 0.0670. The molecule has 0 bridgehead atoms. The number of amides is 2. The van der Waals surface area contributed by atoms with Gasteiger partial charge in [-0.15, -0.1) is 0 Å². The molecule has 0 saturated heterocycles. The molecule has 0 spiro atoms. The van der Waals surface area contributed by atoms with Gasteiger partial charge < -0.3 is 20.1 Å². The summed E-state index contributed by atoms with van der Waals surface area (Å²) in [4.78, 5) is 36.7. The molecule has 0 atom stereocenters. The molecule has 3 rings (SSSR count). The predicted octanol–water partition coefficient (Wildman–Crippen LogP) is 1.79. The first-order valence-corrected chi connectivity index (χ1v) is 8.14. The van der Waals surface area contributed by atoms with E-state index in [9.17, 15) is 14.4 Å². The van der Waals surface area contributed by atoms with Gasteiger partial charge in [0.25, 0.3) is 11.8 Å². The topological polar surface area (TPSA) is 95.9 Å². The molecule has 1 aliphatic rings. The van der Waals surface area contributed by atoms with Crippen LogP contribution in [0.1, 0.15) is 15.9 Å². The summed E-state index contributed by atoms with van der Waals surface area (Å²) in [5.41, 5.74) is 1.72. The lowest BCUT2D eigenvalue weighted by molar-refractivity contribution is -0.137. The standard InChI is InChI=1S/C19H18N2O5/c22-17-12-26-16-7-6-14(10-15(16)20-17)19(25)21(11-18(23)24)9-8-13-4-2-1-3-5-13/h1-7,10H,8-9,11-12H2,(H,20,22)(H,23,24). The Kier molecular flexibility index (Phi) is 5.17. The van der Waals surface area contributed by atoms with E-state index in [4.69, 9.17) is 9.84 Å². The lowest BCUT2D eigenvalue weighted by Gasteiger charge is -2.23. The Bertz CT molecular complexity index is 835. The van der Waals surface area contributed by atoms with E-state index in [2.05, 4.69) is 5.32 Å². The van der Waals surface area contributed by atoms with Crippen molar-refractivity contribution >= 4 is 23.5 Å². The van der Waals surface area contributed by atoms with Gasteiger partial charge in [-0.3, -0.25) is 14.4 Å². The number of carbonyl (C=O) groups is 3. The van der Waals surface area contributed by atoms with Gasteiger partial charge in [0.15, 0.2) is 6.61 Å².